The van der Waals surface area contributed by atoms with E-state index >= 15 is 0 Å². The van der Waals surface area contributed by atoms with E-state index in [1.807, 2.05) is 12.1 Å². The zero-order valence-corrected chi connectivity index (χ0v) is 12.1. The molecule has 1 amide bonds. The van der Waals surface area contributed by atoms with Crippen molar-refractivity contribution >= 4 is 38.9 Å². The third-order valence-corrected chi connectivity index (χ3v) is 4.01. The molecule has 0 fully saturated rings. The van der Waals surface area contributed by atoms with Gasteiger partial charge >= 0.3 is 0 Å². The van der Waals surface area contributed by atoms with Gasteiger partial charge in [-0.15, -0.1) is 11.3 Å². The summed E-state index contributed by atoms with van der Waals surface area (Å²) in [6, 6.07) is 7.76. The molecule has 1 N–H and O–H groups in total. The molecule has 94 valence electrons. The Morgan fingerprint density at radius 1 is 1.39 bits per heavy atom. The number of anilines is 1. The van der Waals surface area contributed by atoms with Crippen molar-refractivity contribution in [3.05, 3.63) is 45.3 Å². The molecule has 0 aliphatic carbocycles. The molecule has 0 bridgehead atoms. The van der Waals surface area contributed by atoms with Crippen LogP contribution in [-0.2, 0) is 11.2 Å². The molecule has 0 aliphatic heterocycles. The van der Waals surface area contributed by atoms with Gasteiger partial charge in [-0.1, -0.05) is 6.07 Å². The molecule has 0 atom stereocenters. The summed E-state index contributed by atoms with van der Waals surface area (Å²) in [5.74, 6) is 0.0280. The van der Waals surface area contributed by atoms with Gasteiger partial charge in [0.2, 0.25) is 5.91 Å². The summed E-state index contributed by atoms with van der Waals surface area (Å²) < 4.78 is 0.664. The highest BCUT2D eigenvalue weighted by molar-refractivity contribution is 9.10. The van der Waals surface area contributed by atoms with Crippen LogP contribution in [-0.4, -0.2) is 10.9 Å². The minimum atomic E-state index is 0.0280. The summed E-state index contributed by atoms with van der Waals surface area (Å²) in [6.07, 6.45) is 4.03. The number of hydrogen-bond acceptors (Lipinski definition) is 3. The molecule has 0 aliphatic rings. The summed E-state index contributed by atoms with van der Waals surface area (Å²) in [4.78, 5) is 17.1. The number of pyridine rings is 1. The van der Waals surface area contributed by atoms with Crippen LogP contribution >= 0.6 is 27.3 Å². The number of nitrogens with zero attached hydrogens (tertiary/aromatic N) is 1. The van der Waals surface area contributed by atoms with Crippen LogP contribution in [0, 0.1) is 0 Å². The SMILES string of the molecule is O=C(CCCc1cccs1)Nc1cccnc1Br. The monoisotopic (exact) mass is 324 g/mol. The van der Waals surface area contributed by atoms with Crippen molar-refractivity contribution < 1.29 is 4.79 Å². The largest absolute Gasteiger partial charge is 0.324 e. The lowest BCUT2D eigenvalue weighted by atomic mass is 10.2. The second-order valence-electron chi connectivity index (χ2n) is 3.82. The maximum atomic E-state index is 11.7. The fourth-order valence-corrected chi connectivity index (χ4v) is 2.67. The summed E-state index contributed by atoms with van der Waals surface area (Å²) in [5.41, 5.74) is 0.721. The highest BCUT2D eigenvalue weighted by Crippen LogP contribution is 2.19. The van der Waals surface area contributed by atoms with E-state index in [1.54, 1.807) is 23.6 Å². The van der Waals surface area contributed by atoms with Gasteiger partial charge in [0.05, 0.1) is 5.69 Å². The smallest absolute Gasteiger partial charge is 0.224 e. The maximum Gasteiger partial charge on any atom is 0.224 e. The number of halogens is 1. The molecule has 5 heteroatoms. The molecule has 2 heterocycles. The highest BCUT2D eigenvalue weighted by Gasteiger charge is 2.05. The molecule has 0 saturated carbocycles. The van der Waals surface area contributed by atoms with Crippen LogP contribution in [0.15, 0.2) is 40.4 Å². The first-order valence-corrected chi connectivity index (χ1v) is 7.36. The van der Waals surface area contributed by atoms with Crippen LogP contribution in [0.3, 0.4) is 0 Å². The van der Waals surface area contributed by atoms with E-state index in [2.05, 4.69) is 37.7 Å². The lowest BCUT2D eigenvalue weighted by molar-refractivity contribution is -0.116. The van der Waals surface area contributed by atoms with Crippen LogP contribution in [0.25, 0.3) is 0 Å². The van der Waals surface area contributed by atoms with Gasteiger partial charge < -0.3 is 5.32 Å². The van der Waals surface area contributed by atoms with Gasteiger partial charge in [0, 0.05) is 17.5 Å². The molecule has 18 heavy (non-hydrogen) atoms. The van der Waals surface area contributed by atoms with Crippen molar-refractivity contribution in [1.82, 2.24) is 4.98 Å². The average molecular weight is 325 g/mol. The van der Waals surface area contributed by atoms with Crippen molar-refractivity contribution in [2.75, 3.05) is 5.32 Å². The third kappa shape index (κ3) is 3.92. The summed E-state index contributed by atoms with van der Waals surface area (Å²) in [6.45, 7) is 0. The Morgan fingerprint density at radius 2 is 2.28 bits per heavy atom. The number of amides is 1. The fraction of sp³-hybridized carbons (Fsp3) is 0.231. The Balaban J connectivity index is 1.77. The molecule has 0 aromatic carbocycles. The molecule has 0 radical (unpaired) electrons. The van der Waals surface area contributed by atoms with E-state index in [4.69, 9.17) is 0 Å². The Kier molecular flexibility index (Phi) is 4.90. The van der Waals surface area contributed by atoms with Crippen molar-refractivity contribution in [3.8, 4) is 0 Å². The quantitative estimate of drug-likeness (QED) is 0.848. The first kappa shape index (κ1) is 13.2. The Bertz CT molecular complexity index is 513. The molecule has 3 nitrogen and oxygen atoms in total. The number of rotatable bonds is 5. The minimum absolute atomic E-state index is 0.0280. The number of hydrogen-bond donors (Lipinski definition) is 1. The van der Waals surface area contributed by atoms with E-state index in [0.717, 1.165) is 18.5 Å². The van der Waals surface area contributed by atoms with Gasteiger partial charge in [0.25, 0.3) is 0 Å². The van der Waals surface area contributed by atoms with Crippen LogP contribution in [0.5, 0.6) is 0 Å². The second-order valence-corrected chi connectivity index (χ2v) is 5.61. The van der Waals surface area contributed by atoms with Gasteiger partial charge in [-0.25, -0.2) is 4.98 Å². The normalized spacial score (nSPS) is 10.3. The highest BCUT2D eigenvalue weighted by atomic mass is 79.9. The molecular weight excluding hydrogens is 312 g/mol. The van der Waals surface area contributed by atoms with Crippen molar-refractivity contribution in [2.45, 2.75) is 19.3 Å². The molecule has 2 aromatic heterocycles. The third-order valence-electron chi connectivity index (χ3n) is 2.44. The van der Waals surface area contributed by atoms with E-state index in [0.29, 0.717) is 11.0 Å². The zero-order valence-electron chi connectivity index (χ0n) is 9.73. The predicted octanol–water partition coefficient (Wildman–Crippen LogP) is 3.87. The summed E-state index contributed by atoms with van der Waals surface area (Å²) in [7, 11) is 0. The second kappa shape index (κ2) is 6.66. The number of carbonyl (C=O) groups is 1. The van der Waals surface area contributed by atoms with Crippen molar-refractivity contribution in [1.29, 1.82) is 0 Å². The van der Waals surface area contributed by atoms with Crippen LogP contribution in [0.1, 0.15) is 17.7 Å². The first-order chi connectivity index (χ1) is 8.75. The van der Waals surface area contributed by atoms with Crippen molar-refractivity contribution in [3.63, 3.8) is 0 Å². The van der Waals surface area contributed by atoms with E-state index in [1.165, 1.54) is 4.88 Å². The fourth-order valence-electron chi connectivity index (χ4n) is 1.57. The minimum Gasteiger partial charge on any atom is -0.324 e. The Labute approximate surface area is 118 Å². The van der Waals surface area contributed by atoms with Gasteiger partial charge in [-0.2, -0.15) is 0 Å². The number of carbonyl (C=O) groups excluding carboxylic acids is 1. The van der Waals surface area contributed by atoms with Gasteiger partial charge in [-0.3, -0.25) is 4.79 Å². The summed E-state index contributed by atoms with van der Waals surface area (Å²) in [5, 5.41) is 4.90. The molecule has 2 aromatic rings. The van der Waals surface area contributed by atoms with Crippen LogP contribution in [0.4, 0.5) is 5.69 Å². The molecule has 0 saturated heterocycles. The number of thiophene rings is 1. The van der Waals surface area contributed by atoms with Crippen LogP contribution < -0.4 is 5.32 Å². The number of nitrogens with one attached hydrogen (secondary N) is 1. The number of aromatic nitrogens is 1. The molecular formula is C13H13BrN2OS. The Hall–Kier alpha value is -1.20. The maximum absolute atomic E-state index is 11.7. The average Bonchev–Trinajstić information content (AvgIpc) is 2.85. The van der Waals surface area contributed by atoms with Gasteiger partial charge in [0.1, 0.15) is 4.60 Å². The lowest BCUT2D eigenvalue weighted by Crippen LogP contribution is -2.12. The molecule has 0 spiro atoms. The molecule has 2 rings (SSSR count). The zero-order chi connectivity index (χ0) is 12.8. The van der Waals surface area contributed by atoms with E-state index in [9.17, 15) is 4.79 Å². The van der Waals surface area contributed by atoms with Crippen LogP contribution in [0.2, 0.25) is 0 Å². The predicted molar refractivity (Wildman–Crippen MR) is 77.8 cm³/mol. The summed E-state index contributed by atoms with van der Waals surface area (Å²) >= 11 is 5.03. The topological polar surface area (TPSA) is 42.0 Å². The van der Waals surface area contributed by atoms with Gasteiger partial charge in [0.15, 0.2) is 0 Å². The first-order valence-electron chi connectivity index (χ1n) is 5.68. The van der Waals surface area contributed by atoms with E-state index in [-0.39, 0.29) is 5.91 Å². The van der Waals surface area contributed by atoms with Gasteiger partial charge in [-0.05, 0) is 52.4 Å². The molecule has 0 unspecified atom stereocenters. The lowest BCUT2D eigenvalue weighted by Gasteiger charge is -2.05. The van der Waals surface area contributed by atoms with E-state index < -0.39 is 0 Å². The number of aryl methyl sites for hydroxylation is 1. The Morgan fingerprint density at radius 3 is 3.00 bits per heavy atom. The van der Waals surface area contributed by atoms with Crippen molar-refractivity contribution in [2.24, 2.45) is 0 Å². The standard InChI is InChI=1S/C13H13BrN2OS/c14-13-11(6-2-8-15-13)16-12(17)7-1-4-10-5-3-9-18-10/h2-3,5-6,8-9H,1,4,7H2,(H,16,17).